The first-order valence-corrected chi connectivity index (χ1v) is 8.90. The van der Waals surface area contributed by atoms with Gasteiger partial charge in [0.2, 0.25) is 0 Å². The fourth-order valence-corrected chi connectivity index (χ4v) is 3.74. The molecule has 1 spiro atoms. The maximum absolute atomic E-state index is 12.8. The third-order valence-corrected chi connectivity index (χ3v) is 5.33. The summed E-state index contributed by atoms with van der Waals surface area (Å²) < 4.78 is 10.4. The van der Waals surface area contributed by atoms with Gasteiger partial charge in [-0.25, -0.2) is 4.79 Å². The number of rotatable bonds is 4. The molecule has 1 aliphatic heterocycles. The van der Waals surface area contributed by atoms with Gasteiger partial charge in [0.05, 0.1) is 25.5 Å². The summed E-state index contributed by atoms with van der Waals surface area (Å²) >= 11 is 6.17. The quantitative estimate of drug-likeness (QED) is 0.643. The summed E-state index contributed by atoms with van der Waals surface area (Å²) in [5.41, 5.74) is -0.220. The Bertz CT molecular complexity index is 757. The predicted molar refractivity (Wildman–Crippen MR) is 97.9 cm³/mol. The lowest BCUT2D eigenvalue weighted by Gasteiger charge is -2.33. The molecule has 1 saturated carbocycles. The zero-order valence-electron chi connectivity index (χ0n) is 15.0. The van der Waals surface area contributed by atoms with Crippen LogP contribution in [0.25, 0.3) is 0 Å². The molecule has 3 rings (SSSR count). The number of halogens is 1. The first kappa shape index (κ1) is 18.5. The molecule has 0 aromatic heterocycles. The van der Waals surface area contributed by atoms with Crippen LogP contribution >= 0.6 is 11.6 Å². The maximum Gasteiger partial charge on any atom is 0.346 e. The van der Waals surface area contributed by atoms with Crippen LogP contribution in [-0.2, 0) is 4.79 Å². The molecule has 1 aromatic rings. The fraction of sp³-hybridized carbons (Fsp3) is 0.500. The minimum atomic E-state index is -0.809. The lowest BCUT2D eigenvalue weighted by molar-refractivity contribution is -0.132. The first-order chi connectivity index (χ1) is 12.4. The minimum absolute atomic E-state index is 0.294. The van der Waals surface area contributed by atoms with E-state index in [-0.39, 0.29) is 5.91 Å². The second-order valence-corrected chi connectivity index (χ2v) is 7.20. The number of urea groups is 1. The van der Waals surface area contributed by atoms with E-state index in [2.05, 4.69) is 17.3 Å². The molecule has 0 atom stereocenters. The number of imide groups is 1. The Morgan fingerprint density at radius 1 is 1.27 bits per heavy atom. The van der Waals surface area contributed by atoms with Crippen molar-refractivity contribution < 1.29 is 19.1 Å². The van der Waals surface area contributed by atoms with E-state index in [1.807, 2.05) is 0 Å². The number of amides is 3. The Labute approximate surface area is 157 Å². The molecule has 1 heterocycles. The molecule has 140 valence electrons. The molecular formula is C18H22ClN3O4. The van der Waals surface area contributed by atoms with Gasteiger partial charge in [-0.05, 0) is 49.3 Å². The highest BCUT2D eigenvalue weighted by Crippen LogP contribution is 2.37. The third-order valence-electron chi connectivity index (χ3n) is 5.05. The summed E-state index contributed by atoms with van der Waals surface area (Å²) in [6.07, 6.45) is 4.53. The number of carbonyl (C=O) groups excluding carboxylic acids is 2. The van der Waals surface area contributed by atoms with Gasteiger partial charge >= 0.3 is 6.03 Å². The van der Waals surface area contributed by atoms with E-state index in [0.717, 1.165) is 17.9 Å². The molecule has 26 heavy (non-hydrogen) atoms. The second kappa shape index (κ2) is 7.15. The second-order valence-electron chi connectivity index (χ2n) is 6.79. The van der Waals surface area contributed by atoms with Gasteiger partial charge in [-0.3, -0.25) is 4.79 Å². The van der Waals surface area contributed by atoms with Crippen molar-refractivity contribution in [1.82, 2.24) is 10.3 Å². The van der Waals surface area contributed by atoms with Gasteiger partial charge in [-0.1, -0.05) is 18.5 Å². The number of ether oxygens (including phenoxy) is 2. The molecule has 3 amide bonds. The summed E-state index contributed by atoms with van der Waals surface area (Å²) in [6, 6.07) is 2.81. The lowest BCUT2D eigenvalue weighted by Crippen LogP contribution is -2.49. The maximum atomic E-state index is 12.8. The highest BCUT2D eigenvalue weighted by molar-refractivity contribution is 6.32. The summed E-state index contributed by atoms with van der Waals surface area (Å²) in [4.78, 5) is 25.0. The van der Waals surface area contributed by atoms with E-state index < -0.39 is 11.6 Å². The van der Waals surface area contributed by atoms with Crippen LogP contribution in [0.1, 0.15) is 38.2 Å². The minimum Gasteiger partial charge on any atom is -0.493 e. The Kier molecular flexibility index (Phi) is 5.09. The molecule has 2 aliphatic rings. The van der Waals surface area contributed by atoms with E-state index in [0.29, 0.717) is 40.8 Å². The smallest absolute Gasteiger partial charge is 0.346 e. The van der Waals surface area contributed by atoms with Gasteiger partial charge in [0.15, 0.2) is 11.5 Å². The third kappa shape index (κ3) is 3.23. The lowest BCUT2D eigenvalue weighted by atomic mass is 9.77. The van der Waals surface area contributed by atoms with Crippen molar-refractivity contribution in [3.8, 4) is 11.5 Å². The van der Waals surface area contributed by atoms with Crippen LogP contribution in [-0.4, -0.2) is 42.9 Å². The zero-order valence-corrected chi connectivity index (χ0v) is 15.8. The predicted octanol–water partition coefficient (Wildman–Crippen LogP) is 3.19. The Balaban J connectivity index is 1.82. The summed E-state index contributed by atoms with van der Waals surface area (Å²) in [6.45, 7) is 2.16. The van der Waals surface area contributed by atoms with E-state index in [9.17, 15) is 9.59 Å². The van der Waals surface area contributed by atoms with Gasteiger partial charge in [-0.2, -0.15) is 5.10 Å². The van der Waals surface area contributed by atoms with Crippen LogP contribution in [0.15, 0.2) is 17.2 Å². The summed E-state index contributed by atoms with van der Waals surface area (Å²) in [5, 5.41) is 8.17. The van der Waals surface area contributed by atoms with Crippen molar-refractivity contribution in [3.63, 3.8) is 0 Å². The number of hydrogen-bond donors (Lipinski definition) is 1. The summed E-state index contributed by atoms with van der Waals surface area (Å²) in [5.74, 6) is 1.13. The highest BCUT2D eigenvalue weighted by Gasteiger charge is 2.52. The normalized spacial score (nSPS) is 25.8. The van der Waals surface area contributed by atoms with Gasteiger partial charge in [-0.15, -0.1) is 5.01 Å². The number of nitrogens with one attached hydrogen (secondary N) is 1. The topological polar surface area (TPSA) is 80.2 Å². The SMILES string of the molecule is COc1cc(/C=N\N2C(=O)NC3(CCC(C)CC3)C2=O)cc(Cl)c1OC. The average Bonchev–Trinajstić information content (AvgIpc) is 2.85. The van der Waals surface area contributed by atoms with Gasteiger partial charge < -0.3 is 14.8 Å². The van der Waals surface area contributed by atoms with Crippen LogP contribution < -0.4 is 14.8 Å². The highest BCUT2D eigenvalue weighted by atomic mass is 35.5. The Morgan fingerprint density at radius 3 is 2.58 bits per heavy atom. The van der Waals surface area contributed by atoms with Gasteiger partial charge in [0.1, 0.15) is 5.54 Å². The number of methoxy groups -OCH3 is 2. The summed E-state index contributed by atoms with van der Waals surface area (Å²) in [7, 11) is 3.00. The number of benzene rings is 1. The van der Waals surface area contributed by atoms with Crippen molar-refractivity contribution in [2.75, 3.05) is 14.2 Å². The fourth-order valence-electron chi connectivity index (χ4n) is 3.44. The number of carbonyl (C=O) groups is 2. The molecule has 0 radical (unpaired) electrons. The van der Waals surface area contributed by atoms with E-state index >= 15 is 0 Å². The first-order valence-electron chi connectivity index (χ1n) is 8.52. The standard InChI is InChI=1S/C18H22ClN3O4/c1-11-4-6-18(7-5-11)16(23)22(17(24)21-18)20-10-12-8-13(19)15(26-3)14(9-12)25-2/h8-11H,4-7H2,1-3H3,(H,21,24)/b20-10-. The molecule has 0 unspecified atom stereocenters. The molecule has 1 N–H and O–H groups in total. The van der Waals surface area contributed by atoms with Crippen LogP contribution in [0.3, 0.4) is 0 Å². The Hall–Kier alpha value is -2.28. The molecule has 1 saturated heterocycles. The van der Waals surface area contributed by atoms with Crippen molar-refractivity contribution >= 4 is 29.8 Å². The van der Waals surface area contributed by atoms with Crippen molar-refractivity contribution in [1.29, 1.82) is 0 Å². The zero-order chi connectivity index (χ0) is 18.9. The van der Waals surface area contributed by atoms with Crippen molar-refractivity contribution in [2.45, 2.75) is 38.1 Å². The molecule has 8 heteroatoms. The largest absolute Gasteiger partial charge is 0.493 e. The molecule has 2 fully saturated rings. The molecule has 0 bridgehead atoms. The molecule has 1 aliphatic carbocycles. The van der Waals surface area contributed by atoms with Crippen LogP contribution in [0.2, 0.25) is 5.02 Å². The van der Waals surface area contributed by atoms with Crippen LogP contribution in [0, 0.1) is 5.92 Å². The average molecular weight is 380 g/mol. The van der Waals surface area contributed by atoms with Gasteiger partial charge in [0, 0.05) is 0 Å². The number of hydrazone groups is 1. The van der Waals surface area contributed by atoms with Crippen molar-refractivity contribution in [3.05, 3.63) is 22.7 Å². The Morgan fingerprint density at radius 2 is 1.96 bits per heavy atom. The van der Waals surface area contributed by atoms with E-state index in [4.69, 9.17) is 21.1 Å². The van der Waals surface area contributed by atoms with Crippen LogP contribution in [0.4, 0.5) is 4.79 Å². The monoisotopic (exact) mass is 379 g/mol. The number of hydrogen-bond acceptors (Lipinski definition) is 5. The van der Waals surface area contributed by atoms with E-state index in [1.165, 1.54) is 20.4 Å². The van der Waals surface area contributed by atoms with Crippen LogP contribution in [0.5, 0.6) is 11.5 Å². The van der Waals surface area contributed by atoms with E-state index in [1.54, 1.807) is 12.1 Å². The number of nitrogens with zero attached hydrogens (tertiary/aromatic N) is 2. The molecule has 1 aromatic carbocycles. The van der Waals surface area contributed by atoms with Gasteiger partial charge in [0.25, 0.3) is 5.91 Å². The molecular weight excluding hydrogens is 358 g/mol. The van der Waals surface area contributed by atoms with Crippen molar-refractivity contribution in [2.24, 2.45) is 11.0 Å². The molecule has 7 nitrogen and oxygen atoms in total.